The highest BCUT2D eigenvalue weighted by Gasteiger charge is 2.26. The van der Waals surface area contributed by atoms with Gasteiger partial charge in [-0.2, -0.15) is 4.31 Å². The molecule has 0 aliphatic carbocycles. The van der Waals surface area contributed by atoms with Crippen LogP contribution in [0.4, 0.5) is 0 Å². The van der Waals surface area contributed by atoms with Crippen LogP contribution in [0.25, 0.3) is 0 Å². The number of carbonyl (C=O) groups is 1. The summed E-state index contributed by atoms with van der Waals surface area (Å²) in [6, 6.07) is 9.83. The average Bonchev–Trinajstić information content (AvgIpc) is 2.56. The van der Waals surface area contributed by atoms with Gasteiger partial charge in [0.1, 0.15) is 0 Å². The third-order valence-electron chi connectivity index (χ3n) is 4.20. The maximum atomic E-state index is 12.2. The molecule has 6 nitrogen and oxygen atoms in total. The van der Waals surface area contributed by atoms with Crippen molar-refractivity contribution < 1.29 is 17.9 Å². The monoisotopic (exact) mass is 354 g/mol. The molecule has 0 bridgehead atoms. The van der Waals surface area contributed by atoms with E-state index in [1.165, 1.54) is 4.31 Å². The second-order valence-electron chi connectivity index (χ2n) is 6.60. The summed E-state index contributed by atoms with van der Waals surface area (Å²) in [5.74, 6) is -0.217. The largest absolute Gasteiger partial charge is 0.379 e. The van der Waals surface area contributed by atoms with E-state index in [-0.39, 0.29) is 23.6 Å². The van der Waals surface area contributed by atoms with E-state index in [1.807, 2.05) is 44.2 Å². The molecule has 1 fully saturated rings. The minimum atomic E-state index is -3.34. The van der Waals surface area contributed by atoms with Gasteiger partial charge >= 0.3 is 0 Å². The SMILES string of the molecule is CC(C)(CC(=O)NCCS(=O)(=O)N1CCOCC1)c1ccccc1. The Kier molecular flexibility index (Phi) is 6.37. The van der Waals surface area contributed by atoms with Crippen LogP contribution < -0.4 is 5.32 Å². The van der Waals surface area contributed by atoms with Crippen molar-refractivity contribution in [3.63, 3.8) is 0 Å². The average molecular weight is 354 g/mol. The topological polar surface area (TPSA) is 75.7 Å². The van der Waals surface area contributed by atoms with Crippen molar-refractivity contribution in [1.82, 2.24) is 9.62 Å². The predicted molar refractivity (Wildman–Crippen MR) is 93.3 cm³/mol. The lowest BCUT2D eigenvalue weighted by atomic mass is 9.81. The lowest BCUT2D eigenvalue weighted by Gasteiger charge is -2.26. The van der Waals surface area contributed by atoms with Crippen LogP contribution in [0.5, 0.6) is 0 Å². The third-order valence-corrected chi connectivity index (χ3v) is 6.08. The number of hydrogen-bond acceptors (Lipinski definition) is 4. The van der Waals surface area contributed by atoms with Crippen molar-refractivity contribution in [2.75, 3.05) is 38.6 Å². The molecule has 1 aromatic rings. The van der Waals surface area contributed by atoms with Crippen molar-refractivity contribution in [3.8, 4) is 0 Å². The van der Waals surface area contributed by atoms with Gasteiger partial charge in [0, 0.05) is 26.1 Å². The number of amides is 1. The Bertz CT molecular complexity index is 638. The Balaban J connectivity index is 1.81. The van der Waals surface area contributed by atoms with E-state index in [2.05, 4.69) is 5.32 Å². The van der Waals surface area contributed by atoms with Crippen molar-refractivity contribution in [1.29, 1.82) is 0 Å². The molecule has 1 aliphatic heterocycles. The first-order valence-corrected chi connectivity index (χ1v) is 9.80. The van der Waals surface area contributed by atoms with Crippen LogP contribution >= 0.6 is 0 Å². The molecule has 1 saturated heterocycles. The molecule has 0 aromatic heterocycles. The lowest BCUT2D eigenvalue weighted by Crippen LogP contribution is -2.44. The summed E-state index contributed by atoms with van der Waals surface area (Å²) >= 11 is 0. The molecule has 1 N–H and O–H groups in total. The maximum Gasteiger partial charge on any atom is 0.220 e. The smallest absolute Gasteiger partial charge is 0.220 e. The number of sulfonamides is 1. The molecule has 134 valence electrons. The van der Waals surface area contributed by atoms with Crippen LogP contribution in [0.1, 0.15) is 25.8 Å². The van der Waals surface area contributed by atoms with Crippen molar-refractivity contribution in [2.45, 2.75) is 25.7 Å². The number of rotatable bonds is 7. The number of hydrogen-bond donors (Lipinski definition) is 1. The zero-order valence-electron chi connectivity index (χ0n) is 14.3. The zero-order valence-corrected chi connectivity index (χ0v) is 15.1. The Labute approximate surface area is 144 Å². The van der Waals surface area contributed by atoms with Crippen LogP contribution in [0.3, 0.4) is 0 Å². The molecule has 1 heterocycles. The summed E-state index contributed by atoms with van der Waals surface area (Å²) in [7, 11) is -3.34. The summed E-state index contributed by atoms with van der Waals surface area (Å²) in [4.78, 5) is 12.2. The molecule has 1 aromatic carbocycles. The molecule has 7 heteroatoms. The third kappa shape index (κ3) is 5.29. The van der Waals surface area contributed by atoms with Gasteiger partial charge in [0.05, 0.1) is 19.0 Å². The molecule has 24 heavy (non-hydrogen) atoms. The molecule has 2 rings (SSSR count). The van der Waals surface area contributed by atoms with Crippen LogP contribution in [-0.2, 0) is 25.0 Å². The van der Waals surface area contributed by atoms with E-state index in [4.69, 9.17) is 4.74 Å². The van der Waals surface area contributed by atoms with Gasteiger partial charge in [-0.3, -0.25) is 4.79 Å². The molecule has 0 saturated carbocycles. The van der Waals surface area contributed by atoms with Gasteiger partial charge in [-0.15, -0.1) is 0 Å². The van der Waals surface area contributed by atoms with Crippen LogP contribution in [0, 0.1) is 0 Å². The summed E-state index contributed by atoms with van der Waals surface area (Å²) in [5, 5.41) is 2.73. The van der Waals surface area contributed by atoms with Gasteiger partial charge < -0.3 is 10.1 Å². The minimum Gasteiger partial charge on any atom is -0.379 e. The van der Waals surface area contributed by atoms with Gasteiger partial charge in [-0.05, 0) is 11.0 Å². The summed E-state index contributed by atoms with van der Waals surface area (Å²) < 4.78 is 31.0. The highest BCUT2D eigenvalue weighted by atomic mass is 32.2. The summed E-state index contributed by atoms with van der Waals surface area (Å²) in [6.45, 7) is 5.77. The molecule has 0 atom stereocenters. The van der Waals surface area contributed by atoms with Crippen LogP contribution in [0.15, 0.2) is 30.3 Å². The first kappa shape index (κ1) is 18.9. The van der Waals surface area contributed by atoms with Gasteiger partial charge in [-0.25, -0.2) is 8.42 Å². The highest BCUT2D eigenvalue weighted by Crippen LogP contribution is 2.26. The van der Waals surface area contributed by atoms with Crippen LogP contribution in [-0.4, -0.2) is 57.2 Å². The van der Waals surface area contributed by atoms with Crippen molar-refractivity contribution in [3.05, 3.63) is 35.9 Å². The number of morpholine rings is 1. The summed E-state index contributed by atoms with van der Waals surface area (Å²) in [5.41, 5.74) is 0.787. The van der Waals surface area contributed by atoms with E-state index in [0.29, 0.717) is 32.7 Å². The number of ether oxygens (including phenoxy) is 1. The Morgan fingerprint density at radius 2 is 1.83 bits per heavy atom. The highest BCUT2D eigenvalue weighted by molar-refractivity contribution is 7.89. The lowest BCUT2D eigenvalue weighted by molar-refractivity contribution is -0.122. The Morgan fingerprint density at radius 1 is 1.21 bits per heavy atom. The molecule has 0 unspecified atom stereocenters. The molecule has 1 aliphatic rings. The number of nitrogens with one attached hydrogen (secondary N) is 1. The van der Waals surface area contributed by atoms with E-state index in [1.54, 1.807) is 0 Å². The van der Waals surface area contributed by atoms with Crippen LogP contribution in [0.2, 0.25) is 0 Å². The normalized spacial score (nSPS) is 16.8. The van der Waals surface area contributed by atoms with Crippen molar-refractivity contribution in [2.24, 2.45) is 0 Å². The maximum absolute atomic E-state index is 12.2. The molecule has 0 spiro atoms. The predicted octanol–water partition coefficient (Wildman–Crippen LogP) is 1.13. The Morgan fingerprint density at radius 3 is 2.46 bits per heavy atom. The fraction of sp³-hybridized carbons (Fsp3) is 0.588. The first-order chi connectivity index (χ1) is 11.3. The standard InChI is InChI=1S/C17H26N2O4S/c1-17(2,15-6-4-3-5-7-15)14-16(20)18-8-13-24(21,22)19-9-11-23-12-10-19/h3-7H,8-14H2,1-2H3,(H,18,20). The Hall–Kier alpha value is -1.44. The zero-order chi connectivity index (χ0) is 17.6. The van der Waals surface area contributed by atoms with Gasteiger partial charge in [0.15, 0.2) is 0 Å². The molecule has 1 amide bonds. The summed E-state index contributed by atoms with van der Waals surface area (Å²) in [6.07, 6.45) is 0.314. The number of carbonyl (C=O) groups excluding carboxylic acids is 1. The van der Waals surface area contributed by atoms with E-state index in [9.17, 15) is 13.2 Å². The quantitative estimate of drug-likeness (QED) is 0.796. The van der Waals surface area contributed by atoms with Gasteiger partial charge in [0.2, 0.25) is 15.9 Å². The second kappa shape index (κ2) is 8.09. The minimum absolute atomic E-state index is 0.0789. The fourth-order valence-corrected chi connectivity index (χ4v) is 4.05. The fourth-order valence-electron chi connectivity index (χ4n) is 2.73. The number of nitrogens with zero attached hydrogens (tertiary/aromatic N) is 1. The van der Waals surface area contributed by atoms with Crippen molar-refractivity contribution >= 4 is 15.9 Å². The number of benzene rings is 1. The first-order valence-electron chi connectivity index (χ1n) is 8.19. The van der Waals surface area contributed by atoms with E-state index in [0.717, 1.165) is 5.56 Å². The molecular formula is C17H26N2O4S. The molecule has 0 radical (unpaired) electrons. The second-order valence-corrected chi connectivity index (χ2v) is 8.69. The van der Waals surface area contributed by atoms with E-state index >= 15 is 0 Å². The van der Waals surface area contributed by atoms with Gasteiger partial charge in [-0.1, -0.05) is 44.2 Å². The van der Waals surface area contributed by atoms with E-state index < -0.39 is 10.0 Å². The molecular weight excluding hydrogens is 328 g/mol. The van der Waals surface area contributed by atoms with Gasteiger partial charge in [0.25, 0.3) is 0 Å².